The fourth-order valence-corrected chi connectivity index (χ4v) is 2.96. The number of benzene rings is 1. The van der Waals surface area contributed by atoms with Crippen molar-refractivity contribution >= 4 is 23.4 Å². The van der Waals surface area contributed by atoms with Crippen LogP contribution >= 0.6 is 0 Å². The lowest BCUT2D eigenvalue weighted by Crippen LogP contribution is -2.40. The largest absolute Gasteiger partial charge is 0.372 e. The molecule has 1 aromatic carbocycles. The van der Waals surface area contributed by atoms with Gasteiger partial charge >= 0.3 is 0 Å². The zero-order valence-electron chi connectivity index (χ0n) is 16.9. The average molecular weight is 432 g/mol. The van der Waals surface area contributed by atoms with Gasteiger partial charge in [0.25, 0.3) is 5.92 Å². The number of hydrogen-bond acceptors (Lipinski definition) is 6. The van der Waals surface area contributed by atoms with E-state index in [2.05, 4.69) is 43.1 Å². The summed E-state index contributed by atoms with van der Waals surface area (Å²) in [6.45, 7) is -0.113. The van der Waals surface area contributed by atoms with Gasteiger partial charge in [-0.3, -0.25) is 10.1 Å². The van der Waals surface area contributed by atoms with Crippen molar-refractivity contribution in [3.8, 4) is 11.8 Å². The Kier molecular flexibility index (Phi) is 7.31. The highest BCUT2D eigenvalue weighted by Crippen LogP contribution is 2.25. The van der Waals surface area contributed by atoms with Crippen molar-refractivity contribution in [1.29, 1.82) is 0 Å². The van der Waals surface area contributed by atoms with Crippen LogP contribution in [0.3, 0.4) is 0 Å². The third-order valence-corrected chi connectivity index (χ3v) is 4.55. The van der Waals surface area contributed by atoms with Crippen LogP contribution in [-0.4, -0.2) is 48.0 Å². The Bertz CT molecular complexity index is 971. The number of amides is 1. The van der Waals surface area contributed by atoms with Crippen LogP contribution in [0, 0.1) is 17.7 Å². The van der Waals surface area contributed by atoms with Crippen molar-refractivity contribution in [2.24, 2.45) is 0 Å². The van der Waals surface area contributed by atoms with E-state index in [9.17, 15) is 18.0 Å². The molecule has 10 heteroatoms. The van der Waals surface area contributed by atoms with E-state index in [1.165, 1.54) is 12.1 Å². The van der Waals surface area contributed by atoms with Gasteiger partial charge in [0, 0.05) is 32.1 Å². The Labute approximate surface area is 178 Å². The van der Waals surface area contributed by atoms with Crippen molar-refractivity contribution < 1.29 is 18.0 Å². The maximum Gasteiger partial charge on any atom is 0.262 e. The van der Waals surface area contributed by atoms with Crippen molar-refractivity contribution in [1.82, 2.24) is 20.6 Å². The minimum atomic E-state index is -2.83. The minimum Gasteiger partial charge on any atom is -0.372 e. The number of aromatic nitrogens is 2. The van der Waals surface area contributed by atoms with Crippen LogP contribution in [0.2, 0.25) is 0 Å². The first-order valence-corrected chi connectivity index (χ1v) is 9.81. The Hall–Kier alpha value is -3.32. The molecule has 31 heavy (non-hydrogen) atoms. The topological polar surface area (TPSA) is 91.0 Å². The molecule has 1 fully saturated rings. The summed E-state index contributed by atoms with van der Waals surface area (Å²) in [5, 5.41) is 11.1. The molecule has 1 aromatic heterocycles. The Morgan fingerprint density at radius 2 is 2.10 bits per heavy atom. The number of anilines is 3. The summed E-state index contributed by atoms with van der Waals surface area (Å²) in [6.07, 6.45) is 2.19. The zero-order chi connectivity index (χ0) is 22.3. The molecule has 2 heterocycles. The van der Waals surface area contributed by atoms with E-state index in [0.717, 1.165) is 0 Å². The van der Waals surface area contributed by atoms with Gasteiger partial charge in [0.05, 0.1) is 24.3 Å². The molecule has 0 spiro atoms. The maximum atomic E-state index is 13.1. The lowest BCUT2D eigenvalue weighted by atomic mass is 10.2. The SMILES string of the molecule is CNc1nc(Nc2ccc(F)cc2)ncc1C#CCCCNC(=O)C1CC(F)(F)CN1. The summed E-state index contributed by atoms with van der Waals surface area (Å²) < 4.78 is 39.2. The fraction of sp³-hybridized carbons (Fsp3) is 0.381. The first-order chi connectivity index (χ1) is 14.9. The normalized spacial score (nSPS) is 16.8. The molecular formula is C21H23F3N6O. The summed E-state index contributed by atoms with van der Waals surface area (Å²) in [6, 6.07) is 4.99. The lowest BCUT2D eigenvalue weighted by Gasteiger charge is -2.10. The van der Waals surface area contributed by atoms with Gasteiger partial charge in [-0.05, 0) is 30.7 Å². The second kappa shape index (κ2) is 10.1. The van der Waals surface area contributed by atoms with Crippen molar-refractivity contribution in [3.63, 3.8) is 0 Å². The molecule has 1 aliphatic heterocycles. The lowest BCUT2D eigenvalue weighted by molar-refractivity contribution is -0.123. The summed E-state index contributed by atoms with van der Waals surface area (Å²) in [4.78, 5) is 20.4. The number of unbranched alkanes of at least 4 members (excludes halogenated alkanes) is 1. The van der Waals surface area contributed by atoms with Gasteiger partial charge in [-0.1, -0.05) is 11.8 Å². The standard InChI is InChI=1S/C21H23F3N6O/c1-25-18-14(12-27-20(30-18)29-16-8-6-15(22)7-9-16)5-3-2-4-10-26-19(31)17-11-21(23,24)13-28-17/h6-9,12,17,28H,2,4,10-11,13H2,1H3,(H,26,31)(H2,25,27,29,30). The monoisotopic (exact) mass is 432 g/mol. The van der Waals surface area contributed by atoms with Crippen LogP contribution in [0.4, 0.5) is 30.6 Å². The molecule has 0 radical (unpaired) electrons. The second-order valence-electron chi connectivity index (χ2n) is 7.03. The van der Waals surface area contributed by atoms with Crippen LogP contribution in [0.25, 0.3) is 0 Å². The molecule has 3 rings (SSSR count). The second-order valence-corrected chi connectivity index (χ2v) is 7.03. The van der Waals surface area contributed by atoms with E-state index in [4.69, 9.17) is 0 Å². The van der Waals surface area contributed by atoms with Crippen LogP contribution in [0.1, 0.15) is 24.8 Å². The highest BCUT2D eigenvalue weighted by Gasteiger charge is 2.42. The number of carbonyl (C=O) groups is 1. The number of rotatable bonds is 7. The Morgan fingerprint density at radius 1 is 1.32 bits per heavy atom. The van der Waals surface area contributed by atoms with E-state index < -0.39 is 30.8 Å². The van der Waals surface area contributed by atoms with E-state index >= 15 is 0 Å². The number of halogens is 3. The van der Waals surface area contributed by atoms with Crippen molar-refractivity contribution in [3.05, 3.63) is 41.8 Å². The Morgan fingerprint density at radius 3 is 2.77 bits per heavy atom. The number of carbonyl (C=O) groups excluding carboxylic acids is 1. The average Bonchev–Trinajstić information content (AvgIpc) is 3.12. The van der Waals surface area contributed by atoms with Gasteiger partial charge in [-0.2, -0.15) is 4.98 Å². The van der Waals surface area contributed by atoms with E-state index in [-0.39, 0.29) is 5.82 Å². The first-order valence-electron chi connectivity index (χ1n) is 9.81. The van der Waals surface area contributed by atoms with Crippen LogP contribution in [-0.2, 0) is 4.79 Å². The molecule has 1 amide bonds. The van der Waals surface area contributed by atoms with Gasteiger partial charge in [0.15, 0.2) is 0 Å². The molecule has 0 bridgehead atoms. The summed E-state index contributed by atoms with van der Waals surface area (Å²) in [5.74, 6) is 3.27. The van der Waals surface area contributed by atoms with Crippen molar-refractivity contribution in [2.75, 3.05) is 30.8 Å². The van der Waals surface area contributed by atoms with E-state index in [1.54, 1.807) is 25.4 Å². The molecule has 1 atom stereocenters. The minimum absolute atomic E-state index is 0.329. The predicted molar refractivity (Wildman–Crippen MR) is 112 cm³/mol. The van der Waals surface area contributed by atoms with Crippen LogP contribution in [0.5, 0.6) is 0 Å². The van der Waals surface area contributed by atoms with Crippen LogP contribution < -0.4 is 21.3 Å². The van der Waals surface area contributed by atoms with Gasteiger partial charge in [0.2, 0.25) is 11.9 Å². The third kappa shape index (κ3) is 6.58. The number of alkyl halides is 2. The molecule has 7 nitrogen and oxygen atoms in total. The summed E-state index contributed by atoms with van der Waals surface area (Å²) in [5.41, 5.74) is 1.26. The summed E-state index contributed by atoms with van der Waals surface area (Å²) >= 11 is 0. The van der Waals surface area contributed by atoms with E-state index in [1.807, 2.05) is 0 Å². The van der Waals surface area contributed by atoms with Gasteiger partial charge in [0.1, 0.15) is 11.6 Å². The van der Waals surface area contributed by atoms with E-state index in [0.29, 0.717) is 42.4 Å². The molecule has 4 N–H and O–H groups in total. The maximum absolute atomic E-state index is 13.1. The van der Waals surface area contributed by atoms with Gasteiger partial charge in [-0.25, -0.2) is 18.2 Å². The Balaban J connectivity index is 1.46. The van der Waals surface area contributed by atoms with Gasteiger partial charge in [-0.15, -0.1) is 0 Å². The molecule has 1 saturated heterocycles. The molecule has 0 aliphatic carbocycles. The predicted octanol–water partition coefficient (Wildman–Crippen LogP) is 2.65. The highest BCUT2D eigenvalue weighted by molar-refractivity contribution is 5.82. The number of nitrogens with one attached hydrogen (secondary N) is 4. The number of hydrogen-bond donors (Lipinski definition) is 4. The summed E-state index contributed by atoms with van der Waals surface area (Å²) in [7, 11) is 1.71. The smallest absolute Gasteiger partial charge is 0.262 e. The molecular weight excluding hydrogens is 409 g/mol. The highest BCUT2D eigenvalue weighted by atomic mass is 19.3. The molecule has 2 aromatic rings. The zero-order valence-corrected chi connectivity index (χ0v) is 16.9. The number of nitrogens with zero attached hydrogens (tertiary/aromatic N) is 2. The third-order valence-electron chi connectivity index (χ3n) is 4.55. The van der Waals surface area contributed by atoms with Crippen LogP contribution in [0.15, 0.2) is 30.5 Å². The van der Waals surface area contributed by atoms with Crippen molar-refractivity contribution in [2.45, 2.75) is 31.2 Å². The first kappa shape index (κ1) is 22.4. The molecule has 1 aliphatic rings. The molecule has 0 saturated carbocycles. The molecule has 164 valence electrons. The van der Waals surface area contributed by atoms with Gasteiger partial charge < -0.3 is 16.0 Å². The molecule has 1 unspecified atom stereocenters. The quantitative estimate of drug-likeness (QED) is 0.397. The fourth-order valence-electron chi connectivity index (χ4n) is 2.96.